The minimum Gasteiger partial charge on any atom is -0.377 e. The predicted octanol–water partition coefficient (Wildman–Crippen LogP) is 2.16. The molecule has 0 aromatic heterocycles. The lowest BCUT2D eigenvalue weighted by Gasteiger charge is -2.40. The Kier molecular flexibility index (Phi) is 6.78. The van der Waals surface area contributed by atoms with Crippen LogP contribution in [0.1, 0.15) is 46.5 Å². The normalized spacial score (nSPS) is 27.7. The zero-order valence-electron chi connectivity index (χ0n) is 12.9. The van der Waals surface area contributed by atoms with Gasteiger partial charge in [0, 0.05) is 12.6 Å². The summed E-state index contributed by atoms with van der Waals surface area (Å²) in [6, 6.07) is 3.00. The molecule has 1 aliphatic rings. The summed E-state index contributed by atoms with van der Waals surface area (Å²) in [5.41, 5.74) is -0.315. The minimum atomic E-state index is -0.315. The average Bonchev–Trinajstić information content (AvgIpc) is 2.39. The van der Waals surface area contributed by atoms with Gasteiger partial charge in [0.05, 0.1) is 18.8 Å². The first kappa shape index (κ1) is 16.4. The number of nitrogens with zero attached hydrogens (tertiary/aromatic N) is 2. The summed E-state index contributed by atoms with van der Waals surface area (Å²) in [6.07, 6.45) is 4.51. The number of nitrogens with one attached hydrogen (secondary N) is 1. The number of nitriles is 1. The highest BCUT2D eigenvalue weighted by atomic mass is 16.5. The molecule has 1 fully saturated rings. The Morgan fingerprint density at radius 3 is 2.84 bits per heavy atom. The molecule has 0 radical (unpaired) electrons. The molecule has 0 heterocycles. The van der Waals surface area contributed by atoms with Crippen molar-refractivity contribution in [1.29, 1.82) is 5.26 Å². The number of hydrogen-bond donors (Lipinski definition) is 1. The molecule has 4 heteroatoms. The van der Waals surface area contributed by atoms with Crippen LogP contribution in [0.4, 0.5) is 0 Å². The number of likely N-dealkylation sites (N-methyl/N-ethyl adjacent to an activating group) is 1. The quantitative estimate of drug-likeness (QED) is 0.768. The smallest absolute Gasteiger partial charge is 0.108 e. The molecule has 1 aliphatic carbocycles. The van der Waals surface area contributed by atoms with Gasteiger partial charge in [-0.05, 0) is 53.1 Å². The van der Waals surface area contributed by atoms with Crippen LogP contribution in [0.3, 0.4) is 0 Å². The molecule has 0 aromatic rings. The molecule has 0 aromatic carbocycles. The van der Waals surface area contributed by atoms with E-state index in [1.165, 1.54) is 6.42 Å². The second kappa shape index (κ2) is 7.84. The number of ether oxygens (including phenoxy) is 1. The van der Waals surface area contributed by atoms with Crippen LogP contribution in [-0.4, -0.2) is 49.3 Å². The fraction of sp³-hybridized carbons (Fsp3) is 0.933. The minimum absolute atomic E-state index is 0.291. The van der Waals surface area contributed by atoms with Gasteiger partial charge < -0.3 is 9.64 Å². The Labute approximate surface area is 118 Å². The van der Waals surface area contributed by atoms with Crippen molar-refractivity contribution in [1.82, 2.24) is 10.2 Å². The summed E-state index contributed by atoms with van der Waals surface area (Å²) >= 11 is 0. The molecule has 0 spiro atoms. The van der Waals surface area contributed by atoms with E-state index in [2.05, 4.69) is 44.1 Å². The summed E-state index contributed by atoms with van der Waals surface area (Å²) in [5.74, 6) is 0. The van der Waals surface area contributed by atoms with Crippen LogP contribution in [-0.2, 0) is 4.74 Å². The van der Waals surface area contributed by atoms with Gasteiger partial charge in [-0.3, -0.25) is 5.32 Å². The van der Waals surface area contributed by atoms with Crippen molar-refractivity contribution in [2.75, 3.05) is 26.7 Å². The maximum Gasteiger partial charge on any atom is 0.108 e. The van der Waals surface area contributed by atoms with Gasteiger partial charge in [0.2, 0.25) is 0 Å². The highest BCUT2D eigenvalue weighted by Crippen LogP contribution is 2.30. The third kappa shape index (κ3) is 5.10. The van der Waals surface area contributed by atoms with Gasteiger partial charge in [-0.2, -0.15) is 5.26 Å². The van der Waals surface area contributed by atoms with Crippen LogP contribution < -0.4 is 5.32 Å². The van der Waals surface area contributed by atoms with E-state index in [1.54, 1.807) is 0 Å². The molecule has 0 aliphatic heterocycles. The van der Waals surface area contributed by atoms with Crippen LogP contribution in [0.15, 0.2) is 0 Å². The lowest BCUT2D eigenvalue weighted by Crippen LogP contribution is -2.52. The summed E-state index contributed by atoms with van der Waals surface area (Å²) in [4.78, 5) is 2.35. The van der Waals surface area contributed by atoms with Crippen molar-refractivity contribution in [2.45, 2.75) is 64.1 Å². The molecule has 110 valence electrons. The Morgan fingerprint density at radius 2 is 2.26 bits per heavy atom. The van der Waals surface area contributed by atoms with Gasteiger partial charge in [0.1, 0.15) is 5.54 Å². The van der Waals surface area contributed by atoms with Crippen molar-refractivity contribution in [3.8, 4) is 6.07 Å². The first-order valence-electron chi connectivity index (χ1n) is 7.51. The monoisotopic (exact) mass is 267 g/mol. The van der Waals surface area contributed by atoms with E-state index in [0.717, 1.165) is 39.0 Å². The zero-order chi connectivity index (χ0) is 14.3. The van der Waals surface area contributed by atoms with Gasteiger partial charge in [0.25, 0.3) is 0 Å². The average molecular weight is 267 g/mol. The maximum absolute atomic E-state index is 9.47. The zero-order valence-corrected chi connectivity index (χ0v) is 12.9. The fourth-order valence-corrected chi connectivity index (χ4v) is 2.88. The summed E-state index contributed by atoms with van der Waals surface area (Å²) in [5, 5.41) is 12.9. The molecule has 1 saturated carbocycles. The van der Waals surface area contributed by atoms with Crippen LogP contribution in [0.2, 0.25) is 0 Å². The first-order valence-corrected chi connectivity index (χ1v) is 7.51. The van der Waals surface area contributed by atoms with Gasteiger partial charge in [-0.15, -0.1) is 0 Å². The maximum atomic E-state index is 9.47. The van der Waals surface area contributed by atoms with Crippen LogP contribution in [0.25, 0.3) is 0 Å². The van der Waals surface area contributed by atoms with Crippen LogP contribution >= 0.6 is 0 Å². The molecule has 2 unspecified atom stereocenters. The van der Waals surface area contributed by atoms with Gasteiger partial charge in [-0.25, -0.2) is 0 Å². The molecule has 1 N–H and O–H groups in total. The Hall–Kier alpha value is -0.630. The molecular weight excluding hydrogens is 238 g/mol. The third-order valence-corrected chi connectivity index (χ3v) is 3.97. The molecular formula is C15H29N3O. The Balaban J connectivity index is 2.47. The summed E-state index contributed by atoms with van der Waals surface area (Å²) < 4.78 is 5.61. The largest absolute Gasteiger partial charge is 0.377 e. The number of rotatable bonds is 7. The fourth-order valence-electron chi connectivity index (χ4n) is 2.88. The third-order valence-electron chi connectivity index (χ3n) is 3.97. The van der Waals surface area contributed by atoms with Crippen LogP contribution in [0, 0.1) is 11.3 Å². The molecule has 0 saturated heterocycles. The van der Waals surface area contributed by atoms with E-state index in [1.807, 2.05) is 0 Å². The lowest BCUT2D eigenvalue weighted by molar-refractivity contribution is 0.0466. The van der Waals surface area contributed by atoms with Crippen molar-refractivity contribution in [3.05, 3.63) is 0 Å². The molecule has 1 rings (SSSR count). The van der Waals surface area contributed by atoms with E-state index >= 15 is 0 Å². The van der Waals surface area contributed by atoms with Gasteiger partial charge in [0.15, 0.2) is 0 Å². The highest BCUT2D eigenvalue weighted by molar-refractivity contribution is 5.10. The second-order valence-electron chi connectivity index (χ2n) is 5.87. The van der Waals surface area contributed by atoms with Crippen LogP contribution in [0.5, 0.6) is 0 Å². The van der Waals surface area contributed by atoms with Crippen molar-refractivity contribution in [3.63, 3.8) is 0 Å². The van der Waals surface area contributed by atoms with E-state index in [-0.39, 0.29) is 5.54 Å². The first-order chi connectivity index (χ1) is 9.03. The van der Waals surface area contributed by atoms with E-state index in [9.17, 15) is 5.26 Å². The van der Waals surface area contributed by atoms with Crippen molar-refractivity contribution < 1.29 is 4.74 Å². The lowest BCUT2D eigenvalue weighted by atomic mass is 9.79. The van der Waals surface area contributed by atoms with Crippen molar-refractivity contribution in [2.24, 2.45) is 0 Å². The van der Waals surface area contributed by atoms with E-state index < -0.39 is 0 Å². The van der Waals surface area contributed by atoms with Gasteiger partial charge >= 0.3 is 0 Å². The molecule has 19 heavy (non-hydrogen) atoms. The van der Waals surface area contributed by atoms with Gasteiger partial charge in [-0.1, -0.05) is 6.92 Å². The van der Waals surface area contributed by atoms with E-state index in [4.69, 9.17) is 4.74 Å². The highest BCUT2D eigenvalue weighted by Gasteiger charge is 2.37. The number of hydrogen-bond acceptors (Lipinski definition) is 4. The molecule has 4 nitrogen and oxygen atoms in total. The molecule has 0 amide bonds. The van der Waals surface area contributed by atoms with Crippen molar-refractivity contribution >= 4 is 0 Å². The molecule has 2 atom stereocenters. The summed E-state index contributed by atoms with van der Waals surface area (Å²) in [7, 11) is 2.15. The topological polar surface area (TPSA) is 48.3 Å². The second-order valence-corrected chi connectivity index (χ2v) is 5.87. The Bertz CT molecular complexity index is 296. The summed E-state index contributed by atoms with van der Waals surface area (Å²) in [6.45, 7) is 8.77. The predicted molar refractivity (Wildman–Crippen MR) is 78.0 cm³/mol. The van der Waals surface area contributed by atoms with E-state index in [0.29, 0.717) is 12.1 Å². The molecule has 0 bridgehead atoms. The standard InChI is InChI=1S/C15H29N3O/c1-5-17-15(12-16)8-6-7-14(11-15)18(4)9-10-19-13(2)3/h13-14,17H,5-11H2,1-4H3. The Morgan fingerprint density at radius 1 is 1.53 bits per heavy atom. The SMILES string of the molecule is CCNC1(C#N)CCCC(N(C)CCOC(C)C)C1.